The molecule has 1 unspecified atom stereocenters. The lowest BCUT2D eigenvalue weighted by atomic mass is 9.88. The van der Waals surface area contributed by atoms with Gasteiger partial charge in [-0.3, -0.25) is 4.79 Å². The van der Waals surface area contributed by atoms with Crippen LogP contribution in [0.3, 0.4) is 0 Å². The lowest BCUT2D eigenvalue weighted by molar-refractivity contribution is -0.121. The minimum atomic E-state index is -0.0330. The Balaban J connectivity index is 0.00000208. The van der Waals surface area contributed by atoms with Crippen molar-refractivity contribution in [1.29, 1.82) is 0 Å². The van der Waals surface area contributed by atoms with Crippen molar-refractivity contribution in [3.63, 3.8) is 0 Å². The number of anilines is 1. The fourth-order valence-electron chi connectivity index (χ4n) is 2.52. The molecule has 0 saturated carbocycles. The highest BCUT2D eigenvalue weighted by Gasteiger charge is 2.29. The zero-order valence-corrected chi connectivity index (χ0v) is 15.5. The van der Waals surface area contributed by atoms with Gasteiger partial charge < -0.3 is 10.6 Å². The zero-order chi connectivity index (χ0) is 16.4. The van der Waals surface area contributed by atoms with Crippen LogP contribution in [-0.2, 0) is 11.3 Å². The molecule has 0 bridgehead atoms. The molecule has 1 amide bonds. The van der Waals surface area contributed by atoms with Crippen LogP contribution in [0.1, 0.15) is 12.5 Å². The minimum absolute atomic E-state index is 0. The molecule has 0 aliphatic carbocycles. The van der Waals surface area contributed by atoms with Crippen molar-refractivity contribution in [3.05, 3.63) is 46.1 Å². The molecule has 2 N–H and O–H groups in total. The summed E-state index contributed by atoms with van der Waals surface area (Å²) in [5, 5.41) is 11.4. The van der Waals surface area contributed by atoms with Gasteiger partial charge in [0.05, 0.1) is 22.8 Å². The predicted octanol–water partition coefficient (Wildman–Crippen LogP) is 3.45. The third-order valence-electron chi connectivity index (χ3n) is 4.25. The number of halogens is 3. The molecule has 1 aliphatic rings. The van der Waals surface area contributed by atoms with Gasteiger partial charge >= 0.3 is 0 Å². The number of nitrogens with zero attached hydrogens (tertiary/aromatic N) is 2. The van der Waals surface area contributed by atoms with E-state index in [9.17, 15) is 4.79 Å². The second-order valence-electron chi connectivity index (χ2n) is 5.78. The van der Waals surface area contributed by atoms with E-state index in [1.807, 2.05) is 19.1 Å². The number of carbonyl (C=O) groups is 1. The molecule has 3 rings (SSSR count). The first-order valence-electron chi connectivity index (χ1n) is 7.52. The normalized spacial score (nSPS) is 15.3. The summed E-state index contributed by atoms with van der Waals surface area (Å²) >= 11 is 12.3. The van der Waals surface area contributed by atoms with Crippen LogP contribution in [-0.4, -0.2) is 28.8 Å². The van der Waals surface area contributed by atoms with E-state index in [2.05, 4.69) is 15.7 Å². The topological polar surface area (TPSA) is 59.0 Å². The van der Waals surface area contributed by atoms with Crippen molar-refractivity contribution in [2.45, 2.75) is 13.5 Å². The number of aromatic nitrogens is 2. The van der Waals surface area contributed by atoms with Gasteiger partial charge in [-0.15, -0.1) is 12.4 Å². The Bertz CT molecular complexity index is 715. The van der Waals surface area contributed by atoms with Gasteiger partial charge in [-0.2, -0.15) is 5.10 Å². The third kappa shape index (κ3) is 4.03. The zero-order valence-electron chi connectivity index (χ0n) is 13.1. The van der Waals surface area contributed by atoms with Crippen molar-refractivity contribution in [2.24, 2.45) is 11.8 Å². The third-order valence-corrected chi connectivity index (χ3v) is 5.11. The van der Waals surface area contributed by atoms with Crippen LogP contribution < -0.4 is 10.6 Å². The minimum Gasteiger partial charge on any atom is -0.316 e. The first-order valence-corrected chi connectivity index (χ1v) is 8.28. The van der Waals surface area contributed by atoms with Crippen LogP contribution in [0.2, 0.25) is 10.0 Å². The molecule has 130 valence electrons. The molecule has 1 aromatic carbocycles. The van der Waals surface area contributed by atoms with Crippen molar-refractivity contribution >= 4 is 47.3 Å². The van der Waals surface area contributed by atoms with Gasteiger partial charge in [-0.05, 0) is 30.6 Å². The lowest BCUT2D eigenvalue weighted by Crippen LogP contribution is -2.48. The van der Waals surface area contributed by atoms with Crippen molar-refractivity contribution < 1.29 is 4.79 Å². The number of amides is 1. The molecule has 1 fully saturated rings. The molecule has 2 heterocycles. The Morgan fingerprint density at radius 2 is 2.17 bits per heavy atom. The summed E-state index contributed by atoms with van der Waals surface area (Å²) in [6.45, 7) is 4.19. The van der Waals surface area contributed by atoms with Crippen LogP contribution in [0.4, 0.5) is 5.82 Å². The highest BCUT2D eigenvalue weighted by atomic mass is 35.5. The molecule has 24 heavy (non-hydrogen) atoms. The molecule has 1 atom stereocenters. The van der Waals surface area contributed by atoms with E-state index in [4.69, 9.17) is 23.2 Å². The van der Waals surface area contributed by atoms with E-state index >= 15 is 0 Å². The van der Waals surface area contributed by atoms with Gasteiger partial charge in [0.2, 0.25) is 5.91 Å². The van der Waals surface area contributed by atoms with Crippen molar-refractivity contribution in [2.75, 3.05) is 18.4 Å². The number of hydrogen-bond acceptors (Lipinski definition) is 3. The van der Waals surface area contributed by atoms with Crippen LogP contribution in [0.5, 0.6) is 0 Å². The average Bonchev–Trinajstić information content (AvgIpc) is 2.89. The Morgan fingerprint density at radius 3 is 2.83 bits per heavy atom. The summed E-state index contributed by atoms with van der Waals surface area (Å²) in [4.78, 5) is 12.3. The van der Waals surface area contributed by atoms with Crippen LogP contribution in [0.15, 0.2) is 30.5 Å². The summed E-state index contributed by atoms with van der Waals surface area (Å²) in [7, 11) is 0. The molecular formula is C16H19Cl3N4O. The van der Waals surface area contributed by atoms with Crippen LogP contribution in [0.25, 0.3) is 0 Å². The molecule has 5 nitrogen and oxygen atoms in total. The summed E-state index contributed by atoms with van der Waals surface area (Å²) < 4.78 is 1.71. The molecule has 2 aromatic rings. The van der Waals surface area contributed by atoms with Crippen LogP contribution >= 0.6 is 35.6 Å². The molecular weight excluding hydrogens is 371 g/mol. The number of nitrogens with one attached hydrogen (secondary N) is 2. The Kier molecular flexibility index (Phi) is 6.52. The second kappa shape index (κ2) is 8.21. The second-order valence-corrected chi connectivity index (χ2v) is 6.57. The van der Waals surface area contributed by atoms with Crippen LogP contribution in [0, 0.1) is 11.8 Å². The molecule has 0 spiro atoms. The highest BCUT2D eigenvalue weighted by Crippen LogP contribution is 2.27. The first kappa shape index (κ1) is 19.1. The standard InChI is InChI=1S/C16H18Cl2N4O.ClH/c1-10(12-7-19-8-12)16(23)21-14-5-6-20-22(14)9-11-3-2-4-13(17)15(11)18;/h2-6,10,12,19H,7-9H2,1H3,(H,21,23);1H. The predicted molar refractivity (Wildman–Crippen MR) is 99.2 cm³/mol. The first-order chi connectivity index (χ1) is 11.1. The van der Waals surface area contributed by atoms with E-state index in [1.54, 1.807) is 23.0 Å². The summed E-state index contributed by atoms with van der Waals surface area (Å²) in [6, 6.07) is 7.26. The molecule has 1 saturated heterocycles. The van der Waals surface area contributed by atoms with Crippen molar-refractivity contribution in [1.82, 2.24) is 15.1 Å². The van der Waals surface area contributed by atoms with E-state index < -0.39 is 0 Å². The van der Waals surface area contributed by atoms with Crippen molar-refractivity contribution in [3.8, 4) is 0 Å². The Labute approximate surface area is 157 Å². The van der Waals surface area contributed by atoms with Gasteiger partial charge in [0.1, 0.15) is 5.82 Å². The van der Waals surface area contributed by atoms with Gasteiger partial charge in [-0.1, -0.05) is 42.3 Å². The SMILES string of the molecule is CC(C(=O)Nc1ccnn1Cc1cccc(Cl)c1Cl)C1CNC1.Cl. The maximum Gasteiger partial charge on any atom is 0.228 e. The highest BCUT2D eigenvalue weighted by molar-refractivity contribution is 6.42. The lowest BCUT2D eigenvalue weighted by Gasteiger charge is -2.31. The maximum atomic E-state index is 12.3. The van der Waals surface area contributed by atoms with Gasteiger partial charge in [0.15, 0.2) is 0 Å². The van der Waals surface area contributed by atoms with Gasteiger partial charge in [0, 0.05) is 12.0 Å². The molecule has 0 radical (unpaired) electrons. The molecule has 8 heteroatoms. The van der Waals surface area contributed by atoms with E-state index in [-0.39, 0.29) is 24.2 Å². The number of hydrogen-bond donors (Lipinski definition) is 2. The number of benzene rings is 1. The summed E-state index contributed by atoms with van der Waals surface area (Å²) in [5.41, 5.74) is 0.856. The van der Waals surface area contributed by atoms with Gasteiger partial charge in [-0.25, -0.2) is 4.68 Å². The smallest absolute Gasteiger partial charge is 0.228 e. The van der Waals surface area contributed by atoms with E-state index in [0.29, 0.717) is 28.3 Å². The largest absolute Gasteiger partial charge is 0.316 e. The summed E-state index contributed by atoms with van der Waals surface area (Å²) in [5.74, 6) is 1.03. The van der Waals surface area contributed by atoms with E-state index in [1.165, 1.54) is 0 Å². The fourth-order valence-corrected chi connectivity index (χ4v) is 2.90. The maximum absolute atomic E-state index is 12.3. The number of rotatable bonds is 5. The van der Waals surface area contributed by atoms with E-state index in [0.717, 1.165) is 18.7 Å². The quantitative estimate of drug-likeness (QED) is 0.823. The molecule has 1 aliphatic heterocycles. The summed E-state index contributed by atoms with van der Waals surface area (Å²) in [6.07, 6.45) is 1.66. The Morgan fingerprint density at radius 1 is 1.42 bits per heavy atom. The fraction of sp³-hybridized carbons (Fsp3) is 0.375. The average molecular weight is 390 g/mol. The monoisotopic (exact) mass is 388 g/mol. The number of carbonyl (C=O) groups excluding carboxylic acids is 1. The molecule has 1 aromatic heterocycles. The Hall–Kier alpha value is -1.27. The van der Waals surface area contributed by atoms with Gasteiger partial charge in [0.25, 0.3) is 0 Å².